The van der Waals surface area contributed by atoms with Crippen molar-refractivity contribution >= 4 is 18.3 Å². The van der Waals surface area contributed by atoms with Gasteiger partial charge in [-0.25, -0.2) is 0 Å². The second-order valence-electron chi connectivity index (χ2n) is 4.79. The fourth-order valence-electron chi connectivity index (χ4n) is 2.20. The highest BCUT2D eigenvalue weighted by Gasteiger charge is 2.13. The van der Waals surface area contributed by atoms with Crippen molar-refractivity contribution in [3.8, 4) is 0 Å². The topological polar surface area (TPSA) is 41.1 Å². The van der Waals surface area contributed by atoms with E-state index in [0.29, 0.717) is 0 Å². The Hall–Kier alpha value is -0.280. The van der Waals surface area contributed by atoms with Crippen molar-refractivity contribution in [1.82, 2.24) is 10.6 Å². The Bertz CT molecular complexity index is 194. The maximum absolute atomic E-state index is 11.5. The van der Waals surface area contributed by atoms with E-state index in [1.807, 2.05) is 0 Å². The molecule has 0 spiro atoms. The molecule has 0 bridgehead atoms. The first kappa shape index (κ1) is 16.7. The van der Waals surface area contributed by atoms with Crippen molar-refractivity contribution in [2.24, 2.45) is 5.92 Å². The molecule has 0 atom stereocenters. The molecule has 1 saturated heterocycles. The number of amides is 1. The van der Waals surface area contributed by atoms with Crippen LogP contribution in [0.15, 0.2) is 0 Å². The molecule has 0 saturated carbocycles. The molecule has 2 N–H and O–H groups in total. The molecule has 3 nitrogen and oxygen atoms in total. The standard InChI is InChI=1S/C13H26N2O.ClH/c1-2-3-4-9-15-13(16)6-5-12-7-10-14-11-8-12;/h12,14H,2-11H2,1H3,(H,15,16);1H. The molecule has 17 heavy (non-hydrogen) atoms. The van der Waals surface area contributed by atoms with Gasteiger partial charge in [-0.3, -0.25) is 4.79 Å². The molecule has 0 aromatic heterocycles. The van der Waals surface area contributed by atoms with Crippen LogP contribution in [0.5, 0.6) is 0 Å². The number of hydrogen-bond donors (Lipinski definition) is 2. The highest BCUT2D eigenvalue weighted by atomic mass is 35.5. The number of hydrogen-bond acceptors (Lipinski definition) is 2. The third-order valence-corrected chi connectivity index (χ3v) is 3.34. The van der Waals surface area contributed by atoms with Gasteiger partial charge in [-0.05, 0) is 44.7 Å². The third kappa shape index (κ3) is 8.44. The zero-order chi connectivity index (χ0) is 11.6. The summed E-state index contributed by atoms with van der Waals surface area (Å²) >= 11 is 0. The predicted octanol–water partition coefficient (Wildman–Crippen LogP) is 2.49. The molecular formula is C13H27ClN2O. The van der Waals surface area contributed by atoms with Gasteiger partial charge in [0.15, 0.2) is 0 Å². The number of piperidine rings is 1. The highest BCUT2D eigenvalue weighted by Crippen LogP contribution is 2.17. The van der Waals surface area contributed by atoms with Gasteiger partial charge in [0, 0.05) is 13.0 Å². The molecule has 1 aliphatic heterocycles. The Balaban J connectivity index is 0.00000256. The van der Waals surface area contributed by atoms with Crippen LogP contribution in [0.4, 0.5) is 0 Å². The average molecular weight is 263 g/mol. The third-order valence-electron chi connectivity index (χ3n) is 3.34. The van der Waals surface area contributed by atoms with E-state index in [2.05, 4.69) is 17.6 Å². The lowest BCUT2D eigenvalue weighted by Gasteiger charge is -2.22. The van der Waals surface area contributed by atoms with Crippen molar-refractivity contribution in [1.29, 1.82) is 0 Å². The first-order valence-electron chi connectivity index (χ1n) is 6.80. The summed E-state index contributed by atoms with van der Waals surface area (Å²) in [6.45, 7) is 5.30. The second-order valence-corrected chi connectivity index (χ2v) is 4.79. The molecule has 1 heterocycles. The summed E-state index contributed by atoms with van der Waals surface area (Å²) in [5, 5.41) is 6.35. The largest absolute Gasteiger partial charge is 0.356 e. The molecule has 0 aliphatic carbocycles. The van der Waals surface area contributed by atoms with E-state index in [1.165, 1.54) is 25.7 Å². The van der Waals surface area contributed by atoms with E-state index < -0.39 is 0 Å². The molecule has 4 heteroatoms. The minimum Gasteiger partial charge on any atom is -0.356 e. The van der Waals surface area contributed by atoms with Gasteiger partial charge in [-0.1, -0.05) is 19.8 Å². The maximum atomic E-state index is 11.5. The number of unbranched alkanes of at least 4 members (excludes halogenated alkanes) is 2. The molecule has 0 aromatic carbocycles. The van der Waals surface area contributed by atoms with E-state index in [9.17, 15) is 4.79 Å². The lowest BCUT2D eigenvalue weighted by molar-refractivity contribution is -0.121. The van der Waals surface area contributed by atoms with Crippen LogP contribution in [0.3, 0.4) is 0 Å². The van der Waals surface area contributed by atoms with E-state index in [0.717, 1.165) is 44.8 Å². The number of carbonyl (C=O) groups excluding carboxylic acids is 1. The number of carbonyl (C=O) groups is 1. The summed E-state index contributed by atoms with van der Waals surface area (Å²) in [6, 6.07) is 0. The highest BCUT2D eigenvalue weighted by molar-refractivity contribution is 5.85. The quantitative estimate of drug-likeness (QED) is 0.692. The van der Waals surface area contributed by atoms with Gasteiger partial charge in [0.1, 0.15) is 0 Å². The fourth-order valence-corrected chi connectivity index (χ4v) is 2.20. The van der Waals surface area contributed by atoms with Gasteiger partial charge in [-0.15, -0.1) is 12.4 Å². The van der Waals surface area contributed by atoms with Crippen LogP contribution < -0.4 is 10.6 Å². The molecule has 1 aliphatic rings. The van der Waals surface area contributed by atoms with Gasteiger partial charge in [-0.2, -0.15) is 0 Å². The second kappa shape index (κ2) is 10.8. The van der Waals surface area contributed by atoms with Gasteiger partial charge < -0.3 is 10.6 Å². The summed E-state index contributed by atoms with van der Waals surface area (Å²) < 4.78 is 0. The first-order chi connectivity index (χ1) is 7.83. The fraction of sp³-hybridized carbons (Fsp3) is 0.923. The number of nitrogens with one attached hydrogen (secondary N) is 2. The minimum atomic E-state index is 0. The van der Waals surface area contributed by atoms with E-state index in [1.54, 1.807) is 0 Å². The summed E-state index contributed by atoms with van der Waals surface area (Å²) in [7, 11) is 0. The summed E-state index contributed by atoms with van der Waals surface area (Å²) in [6.07, 6.45) is 7.82. The number of halogens is 1. The summed E-state index contributed by atoms with van der Waals surface area (Å²) in [5.74, 6) is 1.01. The average Bonchev–Trinajstić information content (AvgIpc) is 2.33. The first-order valence-corrected chi connectivity index (χ1v) is 6.80. The molecule has 0 unspecified atom stereocenters. The van der Waals surface area contributed by atoms with Crippen molar-refractivity contribution in [2.75, 3.05) is 19.6 Å². The van der Waals surface area contributed by atoms with E-state index >= 15 is 0 Å². The molecule has 102 valence electrons. The molecular weight excluding hydrogens is 236 g/mol. The van der Waals surface area contributed by atoms with Crippen LogP contribution in [0.2, 0.25) is 0 Å². The van der Waals surface area contributed by atoms with Crippen LogP contribution in [0.25, 0.3) is 0 Å². The molecule has 0 radical (unpaired) electrons. The zero-order valence-corrected chi connectivity index (χ0v) is 11.8. The Morgan fingerprint density at radius 3 is 2.65 bits per heavy atom. The van der Waals surface area contributed by atoms with E-state index in [4.69, 9.17) is 0 Å². The van der Waals surface area contributed by atoms with Gasteiger partial charge in [0.2, 0.25) is 5.91 Å². The maximum Gasteiger partial charge on any atom is 0.220 e. The lowest BCUT2D eigenvalue weighted by atomic mass is 9.93. The molecule has 0 aromatic rings. The van der Waals surface area contributed by atoms with Gasteiger partial charge in [0.25, 0.3) is 0 Å². The lowest BCUT2D eigenvalue weighted by Crippen LogP contribution is -2.29. The van der Waals surface area contributed by atoms with Gasteiger partial charge >= 0.3 is 0 Å². The Morgan fingerprint density at radius 1 is 1.29 bits per heavy atom. The van der Waals surface area contributed by atoms with Crippen LogP contribution >= 0.6 is 12.4 Å². The van der Waals surface area contributed by atoms with Crippen molar-refractivity contribution in [3.63, 3.8) is 0 Å². The van der Waals surface area contributed by atoms with Crippen LogP contribution in [-0.4, -0.2) is 25.5 Å². The molecule has 1 fully saturated rings. The zero-order valence-electron chi connectivity index (χ0n) is 11.0. The molecule has 1 rings (SSSR count). The monoisotopic (exact) mass is 262 g/mol. The van der Waals surface area contributed by atoms with Gasteiger partial charge in [0.05, 0.1) is 0 Å². The summed E-state index contributed by atoms with van der Waals surface area (Å²) in [4.78, 5) is 11.5. The van der Waals surface area contributed by atoms with Crippen molar-refractivity contribution in [2.45, 2.75) is 51.9 Å². The predicted molar refractivity (Wildman–Crippen MR) is 74.6 cm³/mol. The van der Waals surface area contributed by atoms with Crippen molar-refractivity contribution in [3.05, 3.63) is 0 Å². The van der Waals surface area contributed by atoms with E-state index in [-0.39, 0.29) is 18.3 Å². The van der Waals surface area contributed by atoms with Crippen LogP contribution in [0.1, 0.15) is 51.9 Å². The normalized spacial score (nSPS) is 16.3. The van der Waals surface area contributed by atoms with Crippen molar-refractivity contribution < 1.29 is 4.79 Å². The molecule has 1 amide bonds. The number of rotatable bonds is 7. The SMILES string of the molecule is CCCCCNC(=O)CCC1CCNCC1.Cl. The minimum absolute atomic E-state index is 0. The van der Waals surface area contributed by atoms with Crippen LogP contribution in [0, 0.1) is 5.92 Å². The smallest absolute Gasteiger partial charge is 0.220 e. The Labute approximate surface area is 112 Å². The Morgan fingerprint density at radius 2 is 2.00 bits per heavy atom. The van der Waals surface area contributed by atoms with Crippen LogP contribution in [-0.2, 0) is 4.79 Å². The Kier molecular flexibility index (Phi) is 10.7. The summed E-state index contributed by atoms with van der Waals surface area (Å²) in [5.41, 5.74) is 0.